The molecule has 0 atom stereocenters. The van der Waals surface area contributed by atoms with Crippen LogP contribution in [0.15, 0.2) is 59.1 Å². The van der Waals surface area contributed by atoms with Gasteiger partial charge in [0.2, 0.25) is 17.6 Å². The van der Waals surface area contributed by atoms with Crippen molar-refractivity contribution in [3.05, 3.63) is 71.1 Å². The van der Waals surface area contributed by atoms with Crippen molar-refractivity contribution in [1.82, 2.24) is 15.5 Å². The van der Waals surface area contributed by atoms with Gasteiger partial charge in [-0.15, -0.1) is 0 Å². The topological polar surface area (TPSA) is 68.0 Å². The molecule has 0 saturated carbocycles. The van der Waals surface area contributed by atoms with Crippen LogP contribution in [0.1, 0.15) is 24.3 Å². The van der Waals surface area contributed by atoms with E-state index in [1.54, 1.807) is 0 Å². The number of benzene rings is 2. The summed E-state index contributed by atoms with van der Waals surface area (Å²) < 4.78 is 5.26. The van der Waals surface area contributed by atoms with Gasteiger partial charge in [-0.05, 0) is 24.5 Å². The number of hydrogen-bond donors (Lipinski definition) is 1. The summed E-state index contributed by atoms with van der Waals surface area (Å²) in [6.45, 7) is 0.574. The minimum Gasteiger partial charge on any atom is -0.356 e. The van der Waals surface area contributed by atoms with E-state index in [0.717, 1.165) is 17.5 Å². The lowest BCUT2D eigenvalue weighted by molar-refractivity contribution is -0.121. The molecule has 0 saturated heterocycles. The normalized spacial score (nSPS) is 10.7. The molecule has 0 aliphatic carbocycles. The fourth-order valence-electron chi connectivity index (χ4n) is 2.57. The summed E-state index contributed by atoms with van der Waals surface area (Å²) in [7, 11) is 0. The first-order valence-electron chi connectivity index (χ1n) is 8.60. The van der Waals surface area contributed by atoms with Gasteiger partial charge in [-0.25, -0.2) is 0 Å². The predicted octanol–water partition coefficient (Wildman–Crippen LogP) is 4.07. The Labute approximate surface area is 157 Å². The first-order chi connectivity index (χ1) is 12.7. The number of hydrogen-bond acceptors (Lipinski definition) is 4. The number of carbonyl (C=O) groups is 1. The lowest BCUT2D eigenvalue weighted by Gasteiger charge is -2.05. The van der Waals surface area contributed by atoms with Gasteiger partial charge >= 0.3 is 0 Å². The SMILES string of the molecule is O=C(CCc1ccccc1Cl)NCCCc1nc(-c2ccccc2)no1. The molecule has 0 spiro atoms. The third-order valence-corrected chi connectivity index (χ3v) is 4.34. The summed E-state index contributed by atoms with van der Waals surface area (Å²) in [6.07, 6.45) is 2.43. The maximum absolute atomic E-state index is 11.9. The number of nitrogens with zero attached hydrogens (tertiary/aromatic N) is 2. The van der Waals surface area contributed by atoms with Gasteiger partial charge in [-0.2, -0.15) is 4.98 Å². The second kappa shape index (κ2) is 9.15. The highest BCUT2D eigenvalue weighted by Gasteiger charge is 2.08. The molecule has 2 aromatic carbocycles. The van der Waals surface area contributed by atoms with E-state index < -0.39 is 0 Å². The zero-order valence-electron chi connectivity index (χ0n) is 14.3. The molecule has 0 aliphatic rings. The molecule has 1 aromatic heterocycles. The molecule has 0 fully saturated rings. The van der Waals surface area contributed by atoms with Crippen LogP contribution in [0.5, 0.6) is 0 Å². The highest BCUT2D eigenvalue weighted by molar-refractivity contribution is 6.31. The van der Waals surface area contributed by atoms with E-state index in [-0.39, 0.29) is 5.91 Å². The molecule has 0 bridgehead atoms. The zero-order valence-corrected chi connectivity index (χ0v) is 15.1. The van der Waals surface area contributed by atoms with Crippen LogP contribution in [0.4, 0.5) is 0 Å². The largest absolute Gasteiger partial charge is 0.356 e. The van der Waals surface area contributed by atoms with Crippen LogP contribution >= 0.6 is 11.6 Å². The average Bonchev–Trinajstić information content (AvgIpc) is 3.14. The van der Waals surface area contributed by atoms with E-state index in [1.807, 2.05) is 54.6 Å². The molecular weight excluding hydrogens is 350 g/mol. The van der Waals surface area contributed by atoms with Crippen molar-refractivity contribution in [3.63, 3.8) is 0 Å². The Hall–Kier alpha value is -2.66. The van der Waals surface area contributed by atoms with Crippen LogP contribution in [0.3, 0.4) is 0 Å². The summed E-state index contributed by atoms with van der Waals surface area (Å²) in [4.78, 5) is 16.3. The molecule has 1 amide bonds. The molecule has 134 valence electrons. The van der Waals surface area contributed by atoms with Crippen LogP contribution in [0.2, 0.25) is 5.02 Å². The monoisotopic (exact) mass is 369 g/mol. The number of aryl methyl sites for hydroxylation is 2. The maximum Gasteiger partial charge on any atom is 0.227 e. The highest BCUT2D eigenvalue weighted by Crippen LogP contribution is 2.17. The fraction of sp³-hybridized carbons (Fsp3) is 0.250. The first kappa shape index (κ1) is 18.1. The van der Waals surface area contributed by atoms with Gasteiger partial charge in [0.1, 0.15) is 0 Å². The Bertz CT molecular complexity index is 849. The van der Waals surface area contributed by atoms with Crippen molar-refractivity contribution in [1.29, 1.82) is 0 Å². The maximum atomic E-state index is 11.9. The summed E-state index contributed by atoms with van der Waals surface area (Å²) in [5, 5.41) is 7.59. The Morgan fingerprint density at radius 1 is 1.04 bits per heavy atom. The summed E-state index contributed by atoms with van der Waals surface area (Å²) in [5.41, 5.74) is 1.92. The molecule has 5 nitrogen and oxygen atoms in total. The third-order valence-electron chi connectivity index (χ3n) is 3.97. The standard InChI is InChI=1S/C20H20ClN3O2/c21-17-10-5-4-7-15(17)12-13-18(25)22-14-6-11-19-23-20(24-26-19)16-8-2-1-3-9-16/h1-5,7-10H,6,11-14H2,(H,22,25). The molecule has 3 aromatic rings. The Morgan fingerprint density at radius 2 is 1.81 bits per heavy atom. The average molecular weight is 370 g/mol. The number of nitrogens with one attached hydrogen (secondary N) is 1. The van der Waals surface area contributed by atoms with Gasteiger partial charge in [-0.3, -0.25) is 4.79 Å². The van der Waals surface area contributed by atoms with Gasteiger partial charge in [0.25, 0.3) is 0 Å². The van der Waals surface area contributed by atoms with Gasteiger partial charge < -0.3 is 9.84 Å². The van der Waals surface area contributed by atoms with Gasteiger partial charge in [0.15, 0.2) is 0 Å². The molecular formula is C20H20ClN3O2. The van der Waals surface area contributed by atoms with Crippen molar-refractivity contribution < 1.29 is 9.32 Å². The molecule has 1 heterocycles. The molecule has 3 rings (SSSR count). The minimum atomic E-state index is 0.0143. The number of halogens is 1. The number of carbonyl (C=O) groups excluding carboxylic acids is 1. The lowest BCUT2D eigenvalue weighted by Crippen LogP contribution is -2.25. The van der Waals surface area contributed by atoms with Crippen molar-refractivity contribution in [2.75, 3.05) is 6.54 Å². The second-order valence-corrected chi connectivity index (χ2v) is 6.33. The number of rotatable bonds is 8. The van der Waals surface area contributed by atoms with Gasteiger partial charge in [-0.1, -0.05) is 65.3 Å². The van der Waals surface area contributed by atoms with E-state index in [1.165, 1.54) is 0 Å². The zero-order chi connectivity index (χ0) is 18.2. The van der Waals surface area contributed by atoms with Crippen LogP contribution in [-0.4, -0.2) is 22.6 Å². The van der Waals surface area contributed by atoms with Crippen molar-refractivity contribution >= 4 is 17.5 Å². The molecule has 26 heavy (non-hydrogen) atoms. The predicted molar refractivity (Wildman–Crippen MR) is 101 cm³/mol. The Morgan fingerprint density at radius 3 is 2.62 bits per heavy atom. The first-order valence-corrected chi connectivity index (χ1v) is 8.98. The van der Waals surface area contributed by atoms with Crippen molar-refractivity contribution in [2.45, 2.75) is 25.7 Å². The third kappa shape index (κ3) is 5.17. The smallest absolute Gasteiger partial charge is 0.227 e. The fourth-order valence-corrected chi connectivity index (χ4v) is 2.80. The van der Waals surface area contributed by atoms with Crippen molar-refractivity contribution in [3.8, 4) is 11.4 Å². The summed E-state index contributed by atoms with van der Waals surface area (Å²) in [6, 6.07) is 17.3. The molecule has 0 aliphatic heterocycles. The van der Waals surface area contributed by atoms with E-state index in [9.17, 15) is 4.79 Å². The highest BCUT2D eigenvalue weighted by atomic mass is 35.5. The van der Waals surface area contributed by atoms with Crippen LogP contribution in [-0.2, 0) is 17.6 Å². The van der Waals surface area contributed by atoms with Gasteiger partial charge in [0, 0.05) is 30.0 Å². The van der Waals surface area contributed by atoms with E-state index in [2.05, 4.69) is 15.5 Å². The van der Waals surface area contributed by atoms with Crippen molar-refractivity contribution in [2.24, 2.45) is 0 Å². The summed E-state index contributed by atoms with van der Waals surface area (Å²) >= 11 is 6.09. The van der Waals surface area contributed by atoms with E-state index in [4.69, 9.17) is 16.1 Å². The Balaban J connectivity index is 1.37. The molecule has 0 radical (unpaired) electrons. The van der Waals surface area contributed by atoms with E-state index in [0.29, 0.717) is 42.5 Å². The molecule has 6 heteroatoms. The lowest BCUT2D eigenvalue weighted by atomic mass is 10.1. The summed E-state index contributed by atoms with van der Waals surface area (Å²) in [5.74, 6) is 1.18. The second-order valence-electron chi connectivity index (χ2n) is 5.92. The van der Waals surface area contributed by atoms with Crippen LogP contribution < -0.4 is 5.32 Å². The number of amides is 1. The number of aromatic nitrogens is 2. The molecule has 0 unspecified atom stereocenters. The minimum absolute atomic E-state index is 0.0143. The molecule has 1 N–H and O–H groups in total. The van der Waals surface area contributed by atoms with Crippen LogP contribution in [0, 0.1) is 0 Å². The van der Waals surface area contributed by atoms with Gasteiger partial charge in [0.05, 0.1) is 0 Å². The van der Waals surface area contributed by atoms with Crippen LogP contribution in [0.25, 0.3) is 11.4 Å². The van der Waals surface area contributed by atoms with E-state index >= 15 is 0 Å². The quantitative estimate of drug-likeness (QED) is 0.608. The Kier molecular flexibility index (Phi) is 6.39.